The number of fused-ring (bicyclic) bond motifs is 3. The number of nitrogens with zero attached hydrogens (tertiary/aromatic N) is 7. The molecule has 0 fully saturated rings. The zero-order chi connectivity index (χ0) is 69.4. The van der Waals surface area contributed by atoms with E-state index in [-0.39, 0.29) is 21.7 Å². The maximum absolute atomic E-state index is 5.28. The van der Waals surface area contributed by atoms with Gasteiger partial charge in [-0.05, 0) is 141 Å². The molecule has 3 aromatic heterocycles. The van der Waals surface area contributed by atoms with Crippen LogP contribution < -0.4 is 0 Å². The fourth-order valence-corrected chi connectivity index (χ4v) is 14.6. The van der Waals surface area contributed by atoms with Gasteiger partial charge in [-0.2, -0.15) is 0 Å². The van der Waals surface area contributed by atoms with Crippen LogP contribution in [0, 0.1) is 6.92 Å². The van der Waals surface area contributed by atoms with Crippen LogP contribution in [0.5, 0.6) is 0 Å². The Morgan fingerprint density at radius 2 is 0.520 bits per heavy atom. The molecule has 0 aliphatic carbocycles. The first-order valence-corrected chi connectivity index (χ1v) is 35.5. The molecule has 0 radical (unpaired) electrons. The van der Waals surface area contributed by atoms with Gasteiger partial charge in [0.15, 0.2) is 34.9 Å². The van der Waals surface area contributed by atoms with Gasteiger partial charge in [-0.15, -0.1) is 11.3 Å². The predicted molar refractivity (Wildman–Crippen MR) is 421 cm³/mol. The molecule has 100 heavy (non-hydrogen) atoms. The summed E-state index contributed by atoms with van der Waals surface area (Å²) in [5.74, 6) is 3.77. The molecule has 0 atom stereocenters. The Bertz CT molecular complexity index is 5440. The molecule has 0 aliphatic rings. The third kappa shape index (κ3) is 12.8. The highest BCUT2D eigenvalue weighted by molar-refractivity contribution is 7.21. The van der Waals surface area contributed by atoms with Crippen LogP contribution in [0.15, 0.2) is 255 Å². The molecular formula is C92H81N7S. The molecule has 15 aromatic rings. The van der Waals surface area contributed by atoms with Crippen molar-refractivity contribution in [2.45, 2.75) is 112 Å². The van der Waals surface area contributed by atoms with Crippen LogP contribution in [0.4, 0.5) is 0 Å². The topological polar surface area (TPSA) is 90.2 Å². The third-order valence-electron chi connectivity index (χ3n) is 19.4. The van der Waals surface area contributed by atoms with Gasteiger partial charge in [0.2, 0.25) is 0 Å². The lowest BCUT2D eigenvalue weighted by molar-refractivity contribution is 0.590. The Labute approximate surface area is 591 Å². The van der Waals surface area contributed by atoms with E-state index in [4.69, 9.17) is 34.9 Å². The highest BCUT2D eigenvalue weighted by Gasteiger charge is 2.25. The zero-order valence-corrected chi connectivity index (χ0v) is 60.1. The number of aryl methyl sites for hydroxylation is 1. The van der Waals surface area contributed by atoms with Gasteiger partial charge in [-0.25, -0.2) is 34.9 Å². The van der Waals surface area contributed by atoms with Crippen molar-refractivity contribution in [3.63, 3.8) is 0 Å². The van der Waals surface area contributed by atoms with Gasteiger partial charge in [-0.1, -0.05) is 320 Å². The van der Waals surface area contributed by atoms with E-state index in [0.717, 1.165) is 116 Å². The smallest absolute Gasteiger partial charge is 0.164 e. The average molecular weight is 1320 g/mol. The van der Waals surface area contributed by atoms with Gasteiger partial charge in [-0.3, -0.25) is 0 Å². The highest BCUT2D eigenvalue weighted by Crippen LogP contribution is 2.50. The molecule has 0 N–H and O–H groups in total. The average Bonchev–Trinajstić information content (AvgIpc) is 0.759. The first kappa shape index (κ1) is 65.0. The van der Waals surface area contributed by atoms with Crippen molar-refractivity contribution in [2.24, 2.45) is 0 Å². The Morgan fingerprint density at radius 3 is 0.860 bits per heavy atom. The lowest BCUT2D eigenvalue weighted by atomic mass is 9.82. The van der Waals surface area contributed by atoms with Crippen molar-refractivity contribution < 1.29 is 0 Å². The van der Waals surface area contributed by atoms with E-state index < -0.39 is 0 Å². The number of benzene rings is 12. The van der Waals surface area contributed by atoms with Gasteiger partial charge in [0.1, 0.15) is 5.01 Å². The first-order chi connectivity index (χ1) is 47.9. The van der Waals surface area contributed by atoms with Crippen molar-refractivity contribution in [3.05, 3.63) is 283 Å². The predicted octanol–water partition coefficient (Wildman–Crippen LogP) is 24.8. The number of rotatable bonds is 11. The van der Waals surface area contributed by atoms with E-state index in [1.54, 1.807) is 11.3 Å². The van der Waals surface area contributed by atoms with Crippen LogP contribution in [0.2, 0.25) is 0 Å². The highest BCUT2D eigenvalue weighted by atomic mass is 32.1. The Hall–Kier alpha value is -10.9. The van der Waals surface area contributed by atoms with Crippen LogP contribution in [0.1, 0.15) is 111 Å². The molecule has 0 spiro atoms. The molecule has 0 amide bonds. The van der Waals surface area contributed by atoms with E-state index in [0.29, 0.717) is 34.9 Å². The zero-order valence-electron chi connectivity index (χ0n) is 59.3. The van der Waals surface area contributed by atoms with Gasteiger partial charge in [0.05, 0.1) is 10.2 Å². The molecule has 7 nitrogen and oxygen atoms in total. The lowest BCUT2D eigenvalue weighted by Gasteiger charge is -2.21. The van der Waals surface area contributed by atoms with E-state index in [1.807, 2.05) is 0 Å². The van der Waals surface area contributed by atoms with Gasteiger partial charge >= 0.3 is 0 Å². The van der Waals surface area contributed by atoms with Crippen LogP contribution in [-0.4, -0.2) is 34.9 Å². The standard InChI is InChI=1S/C92H81N7S/c1-56-26-53-78-79(54-56)100-88(93-78)65-43-52-76-77(55-65)81(73-23-17-15-21-71(73)58-29-33-60(34-30-58)83-96-86(63-39-48-68(49-40-63)91(8,9)10)99-87(97-83)64-41-50-69(51-42-64)92(11,12)13)75-25-19-18-24-74(75)80(76)72-22-16-14-20-70(72)57-27-31-59(32-28-57)82-94-84(61-35-44-66(45-36-61)89(2,3)4)98-85(95-82)62-37-46-67(47-38-62)90(5,6)7/h14-55H,1-13H3. The summed E-state index contributed by atoms with van der Waals surface area (Å²) in [6.45, 7) is 29.0. The van der Waals surface area contributed by atoms with E-state index in [2.05, 4.69) is 345 Å². The van der Waals surface area contributed by atoms with Crippen LogP contribution in [0.3, 0.4) is 0 Å². The first-order valence-electron chi connectivity index (χ1n) is 34.7. The molecule has 3 heterocycles. The molecule has 490 valence electrons. The summed E-state index contributed by atoms with van der Waals surface area (Å²) in [6, 6.07) is 92.3. The summed E-state index contributed by atoms with van der Waals surface area (Å²) in [7, 11) is 0. The van der Waals surface area contributed by atoms with Crippen molar-refractivity contribution in [1.29, 1.82) is 0 Å². The normalized spacial score (nSPS) is 12.2. The van der Waals surface area contributed by atoms with Crippen molar-refractivity contribution in [2.75, 3.05) is 0 Å². The van der Waals surface area contributed by atoms with Crippen LogP contribution >= 0.6 is 11.3 Å². The largest absolute Gasteiger partial charge is 0.236 e. The summed E-state index contributed by atoms with van der Waals surface area (Å²) >= 11 is 1.74. The second kappa shape index (κ2) is 25.4. The molecule has 0 bridgehead atoms. The molecular weight excluding hydrogens is 1240 g/mol. The summed E-state index contributed by atoms with van der Waals surface area (Å²) in [5.41, 5.74) is 22.9. The van der Waals surface area contributed by atoms with Crippen molar-refractivity contribution in [1.82, 2.24) is 34.9 Å². The van der Waals surface area contributed by atoms with Gasteiger partial charge in [0.25, 0.3) is 0 Å². The number of aromatic nitrogens is 7. The summed E-state index contributed by atoms with van der Waals surface area (Å²) in [4.78, 5) is 36.4. The fraction of sp³-hybridized carbons (Fsp3) is 0.185. The summed E-state index contributed by atoms with van der Waals surface area (Å²) in [6.07, 6.45) is 0. The van der Waals surface area contributed by atoms with E-state index >= 15 is 0 Å². The molecule has 15 rings (SSSR count). The van der Waals surface area contributed by atoms with Gasteiger partial charge in [0, 0.05) is 38.9 Å². The number of hydrogen-bond acceptors (Lipinski definition) is 8. The summed E-state index contributed by atoms with van der Waals surface area (Å²) < 4.78 is 1.17. The summed E-state index contributed by atoms with van der Waals surface area (Å²) in [5, 5.41) is 5.56. The second-order valence-electron chi connectivity index (χ2n) is 30.7. The van der Waals surface area contributed by atoms with Crippen LogP contribution in [0.25, 0.3) is 155 Å². The van der Waals surface area contributed by atoms with E-state index in [1.165, 1.54) is 32.5 Å². The van der Waals surface area contributed by atoms with Gasteiger partial charge < -0.3 is 0 Å². The lowest BCUT2D eigenvalue weighted by Crippen LogP contribution is -2.11. The molecule has 12 aromatic carbocycles. The minimum atomic E-state index is 0.00712. The van der Waals surface area contributed by atoms with E-state index in [9.17, 15) is 0 Å². The maximum Gasteiger partial charge on any atom is 0.164 e. The quantitative estimate of drug-likeness (QED) is 0.119. The molecule has 0 aliphatic heterocycles. The molecule has 0 saturated heterocycles. The molecule has 0 unspecified atom stereocenters. The Kier molecular flexibility index (Phi) is 16.5. The third-order valence-corrected chi connectivity index (χ3v) is 20.5. The molecule has 8 heteroatoms. The minimum Gasteiger partial charge on any atom is -0.236 e. The minimum absolute atomic E-state index is 0.00712. The van der Waals surface area contributed by atoms with Crippen molar-refractivity contribution >= 4 is 43.1 Å². The Balaban J connectivity index is 0.853. The van der Waals surface area contributed by atoms with Crippen LogP contribution in [-0.2, 0) is 21.7 Å². The molecule has 0 saturated carbocycles. The number of thiazole rings is 1. The SMILES string of the molecule is Cc1ccc2nc(-c3ccc4c(-c5ccccc5-c5ccc(-c6nc(-c7ccc(C(C)(C)C)cc7)nc(-c7ccc(C(C)(C)C)cc7)n6)cc5)c5ccccc5c(-c5ccccc5-c5ccc(-c6nc(-c7ccc(C(C)(C)C)cc7)nc(-c7ccc(C(C)(C)C)cc7)n6)cc5)c4c3)sc2c1. The maximum atomic E-state index is 5.28. The number of hydrogen-bond donors (Lipinski definition) is 0. The monoisotopic (exact) mass is 1320 g/mol. The fourth-order valence-electron chi connectivity index (χ4n) is 13.6. The second-order valence-corrected chi connectivity index (χ2v) is 31.7. The van der Waals surface area contributed by atoms with Crippen molar-refractivity contribution in [3.8, 4) is 123 Å². The Morgan fingerprint density at radius 1 is 0.240 bits per heavy atom.